The molecule has 2 fully saturated rings. The zero-order valence-corrected chi connectivity index (χ0v) is 24.4. The van der Waals surface area contributed by atoms with E-state index in [9.17, 15) is 19.2 Å². The number of hydrogen-bond acceptors (Lipinski definition) is 5. The predicted molar refractivity (Wildman–Crippen MR) is 164 cm³/mol. The van der Waals surface area contributed by atoms with E-state index in [-0.39, 0.29) is 48.3 Å². The quantitative estimate of drug-likeness (QED) is 0.176. The molecule has 0 N–H and O–H groups in total. The molecule has 2 saturated heterocycles. The van der Waals surface area contributed by atoms with Crippen LogP contribution in [0.15, 0.2) is 91.0 Å². The van der Waals surface area contributed by atoms with Crippen molar-refractivity contribution in [2.45, 2.75) is 32.1 Å². The van der Waals surface area contributed by atoms with Crippen LogP contribution < -0.4 is 14.5 Å². The zero-order chi connectivity index (χ0) is 30.3. The summed E-state index contributed by atoms with van der Waals surface area (Å²) in [6, 6.07) is 28.7. The summed E-state index contributed by atoms with van der Waals surface area (Å²) in [6.07, 6.45) is 0.0573. The van der Waals surface area contributed by atoms with Crippen LogP contribution in [0.3, 0.4) is 0 Å². The number of amides is 3. The molecule has 3 atom stereocenters. The lowest BCUT2D eigenvalue weighted by Crippen LogP contribution is -2.41. The third-order valence-corrected chi connectivity index (χ3v) is 10.0. The second-order valence-electron chi connectivity index (χ2n) is 12.4. The number of rotatable bonds is 4. The molecule has 2 bridgehead atoms. The van der Waals surface area contributed by atoms with Gasteiger partial charge in [0.05, 0.1) is 23.4 Å². The molecule has 44 heavy (non-hydrogen) atoms. The molecule has 5 aliphatic rings. The molecule has 2 heterocycles. The molecule has 4 aromatic rings. The summed E-state index contributed by atoms with van der Waals surface area (Å²) < 4.78 is 5.75. The van der Waals surface area contributed by atoms with Gasteiger partial charge in [0.2, 0.25) is 17.7 Å². The van der Waals surface area contributed by atoms with E-state index >= 15 is 0 Å². The number of carbonyl (C=O) groups is 4. The number of carbonyl (C=O) groups excluding carboxylic acids is 4. The molecule has 0 aromatic heterocycles. The van der Waals surface area contributed by atoms with Crippen molar-refractivity contribution in [3.05, 3.63) is 124 Å². The topological polar surface area (TPSA) is 84.0 Å². The summed E-state index contributed by atoms with van der Waals surface area (Å²) >= 11 is 0. The number of esters is 1. The Balaban J connectivity index is 1.05. The van der Waals surface area contributed by atoms with Crippen LogP contribution in [0.1, 0.15) is 51.6 Å². The van der Waals surface area contributed by atoms with Gasteiger partial charge in [-0.3, -0.25) is 19.2 Å². The third-order valence-electron chi connectivity index (χ3n) is 10.0. The van der Waals surface area contributed by atoms with Gasteiger partial charge in [-0.1, -0.05) is 60.7 Å². The van der Waals surface area contributed by atoms with E-state index in [1.165, 1.54) is 4.90 Å². The smallest absolute Gasteiger partial charge is 0.316 e. The van der Waals surface area contributed by atoms with Gasteiger partial charge in [0.1, 0.15) is 5.75 Å². The Morgan fingerprint density at radius 3 is 1.84 bits per heavy atom. The highest BCUT2D eigenvalue weighted by atomic mass is 16.5. The van der Waals surface area contributed by atoms with Crippen molar-refractivity contribution >= 4 is 35.1 Å². The number of hydrogen-bond donors (Lipinski definition) is 0. The van der Waals surface area contributed by atoms with E-state index in [4.69, 9.17) is 4.74 Å². The van der Waals surface area contributed by atoms with Crippen LogP contribution in [0.5, 0.6) is 5.75 Å². The summed E-state index contributed by atoms with van der Waals surface area (Å²) in [5, 5.41) is 0. The molecule has 3 amide bonds. The standard InChI is InChI=1S/C37H30N2O5/c1-20-14-15-23(16-21(20)2)38-19-22(17-30(38)40)37(43)44-25-9-7-8-24(18-25)39-35(41)33-31-26-10-3-4-11-27(26)32(34(33)36(39)42)29-13-6-5-12-28(29)31/h3-16,18,22,31-34H,17,19H2,1-2H3/t22-,31?,32?,33-,34+/m1/s1. The van der Waals surface area contributed by atoms with Crippen molar-refractivity contribution in [1.82, 2.24) is 0 Å². The molecule has 2 aliphatic heterocycles. The fraction of sp³-hybridized carbons (Fsp3) is 0.243. The molecule has 4 aromatic carbocycles. The molecule has 3 aliphatic carbocycles. The first-order valence-corrected chi connectivity index (χ1v) is 15.1. The maximum atomic E-state index is 14.1. The number of ether oxygens (including phenoxy) is 1. The Morgan fingerprint density at radius 2 is 1.27 bits per heavy atom. The first-order valence-electron chi connectivity index (χ1n) is 15.1. The van der Waals surface area contributed by atoms with Gasteiger partial charge in [0.25, 0.3) is 0 Å². The zero-order valence-electron chi connectivity index (χ0n) is 24.4. The highest BCUT2D eigenvalue weighted by Gasteiger charge is 2.61. The van der Waals surface area contributed by atoms with Crippen LogP contribution in [-0.4, -0.2) is 30.2 Å². The van der Waals surface area contributed by atoms with E-state index in [2.05, 4.69) is 24.3 Å². The molecular weight excluding hydrogens is 552 g/mol. The minimum absolute atomic E-state index is 0.0573. The maximum Gasteiger partial charge on any atom is 0.316 e. The molecule has 0 radical (unpaired) electrons. The molecule has 7 heteroatoms. The predicted octanol–water partition coefficient (Wildman–Crippen LogP) is 5.66. The number of imide groups is 1. The summed E-state index contributed by atoms with van der Waals surface area (Å²) in [5.74, 6) is -2.88. The number of nitrogens with zero attached hydrogens (tertiary/aromatic N) is 2. The van der Waals surface area contributed by atoms with Crippen molar-refractivity contribution in [2.24, 2.45) is 17.8 Å². The van der Waals surface area contributed by atoms with Crippen LogP contribution in [0.2, 0.25) is 0 Å². The van der Waals surface area contributed by atoms with E-state index in [0.717, 1.165) is 39.1 Å². The number of anilines is 2. The lowest BCUT2D eigenvalue weighted by Gasteiger charge is -2.45. The van der Waals surface area contributed by atoms with E-state index in [1.54, 1.807) is 29.2 Å². The molecule has 9 rings (SSSR count). The van der Waals surface area contributed by atoms with Crippen LogP contribution in [0.25, 0.3) is 0 Å². The second-order valence-corrected chi connectivity index (χ2v) is 12.4. The Hall–Kier alpha value is -5.04. The largest absolute Gasteiger partial charge is 0.426 e. The summed E-state index contributed by atoms with van der Waals surface area (Å²) in [6.45, 7) is 4.24. The van der Waals surface area contributed by atoms with Gasteiger partial charge in [-0.05, 0) is 71.5 Å². The van der Waals surface area contributed by atoms with Crippen LogP contribution >= 0.6 is 0 Å². The average Bonchev–Trinajstić information content (AvgIpc) is 3.55. The normalized spacial score (nSPS) is 24.8. The van der Waals surface area contributed by atoms with Crippen molar-refractivity contribution < 1.29 is 23.9 Å². The maximum absolute atomic E-state index is 14.1. The Bertz CT molecular complexity index is 1800. The second kappa shape index (κ2) is 9.74. The molecule has 7 nitrogen and oxygen atoms in total. The van der Waals surface area contributed by atoms with Crippen molar-refractivity contribution in [2.75, 3.05) is 16.3 Å². The molecule has 218 valence electrons. The first-order chi connectivity index (χ1) is 21.3. The van der Waals surface area contributed by atoms with Gasteiger partial charge in [-0.25, -0.2) is 4.90 Å². The summed E-state index contributed by atoms with van der Waals surface area (Å²) in [7, 11) is 0. The van der Waals surface area contributed by atoms with E-state index < -0.39 is 23.7 Å². The fourth-order valence-corrected chi connectivity index (χ4v) is 7.83. The van der Waals surface area contributed by atoms with E-state index in [1.807, 2.05) is 56.3 Å². The first kappa shape index (κ1) is 26.6. The lowest BCUT2D eigenvalue weighted by molar-refractivity contribution is -0.139. The molecule has 0 saturated carbocycles. The van der Waals surface area contributed by atoms with Gasteiger partial charge in [0, 0.05) is 36.6 Å². The highest BCUT2D eigenvalue weighted by Crippen LogP contribution is 2.61. The van der Waals surface area contributed by atoms with Gasteiger partial charge in [-0.15, -0.1) is 0 Å². The minimum atomic E-state index is -0.627. The van der Waals surface area contributed by atoms with Crippen molar-refractivity contribution in [3.63, 3.8) is 0 Å². The number of aryl methyl sites for hydroxylation is 2. The van der Waals surface area contributed by atoms with Gasteiger partial charge >= 0.3 is 5.97 Å². The number of benzene rings is 4. The van der Waals surface area contributed by atoms with Crippen LogP contribution in [0.4, 0.5) is 11.4 Å². The minimum Gasteiger partial charge on any atom is -0.426 e. The average molecular weight is 583 g/mol. The Kier molecular flexibility index (Phi) is 5.88. The van der Waals surface area contributed by atoms with Crippen molar-refractivity contribution in [1.29, 1.82) is 0 Å². The lowest BCUT2D eigenvalue weighted by atomic mass is 9.55. The molecule has 0 spiro atoms. The van der Waals surface area contributed by atoms with E-state index in [0.29, 0.717) is 5.69 Å². The van der Waals surface area contributed by atoms with Gasteiger partial charge in [-0.2, -0.15) is 0 Å². The van der Waals surface area contributed by atoms with Gasteiger partial charge < -0.3 is 9.64 Å². The van der Waals surface area contributed by atoms with Gasteiger partial charge in [0.15, 0.2) is 0 Å². The third kappa shape index (κ3) is 3.81. The van der Waals surface area contributed by atoms with Crippen LogP contribution in [0, 0.1) is 31.6 Å². The van der Waals surface area contributed by atoms with Crippen LogP contribution in [-0.2, 0) is 19.2 Å². The van der Waals surface area contributed by atoms with Crippen molar-refractivity contribution in [3.8, 4) is 5.75 Å². The summed E-state index contributed by atoms with van der Waals surface area (Å²) in [5.41, 5.74) is 7.81. The monoisotopic (exact) mass is 582 g/mol. The summed E-state index contributed by atoms with van der Waals surface area (Å²) in [4.78, 5) is 57.2. The Morgan fingerprint density at radius 1 is 0.682 bits per heavy atom. The molecule has 0 unspecified atom stereocenters. The highest BCUT2D eigenvalue weighted by molar-refractivity contribution is 6.23. The Labute approximate surface area is 255 Å². The SMILES string of the molecule is Cc1ccc(N2C[C@H](C(=O)Oc3cccc(N4C(=O)[C@@H]5C6c7ccccc7C(c7ccccc76)[C@@H]5C4=O)c3)CC2=O)cc1C. The fourth-order valence-electron chi connectivity index (χ4n) is 7.83. The molecular formula is C37H30N2O5.